The highest BCUT2D eigenvalue weighted by Crippen LogP contribution is 2.30. The molecule has 0 aliphatic carbocycles. The molecular weight excluding hydrogens is 289 g/mol. The molecule has 2 amide bonds. The first kappa shape index (κ1) is 16.8. The molecule has 0 fully saturated rings. The molecule has 0 atom stereocenters. The third-order valence-corrected chi connectivity index (χ3v) is 2.62. The lowest BCUT2D eigenvalue weighted by Gasteiger charge is -2.22. The number of alkyl halides is 3. The summed E-state index contributed by atoms with van der Waals surface area (Å²) in [5, 5.41) is 2.34. The van der Waals surface area contributed by atoms with Crippen molar-refractivity contribution < 1.29 is 27.5 Å². The molecular formula is C13H15F3N2O3. The highest BCUT2D eigenvalue weighted by molar-refractivity contribution is 5.90. The van der Waals surface area contributed by atoms with Gasteiger partial charge in [-0.2, -0.15) is 13.2 Å². The van der Waals surface area contributed by atoms with Crippen molar-refractivity contribution >= 4 is 11.8 Å². The van der Waals surface area contributed by atoms with E-state index in [4.69, 9.17) is 10.5 Å². The molecule has 116 valence electrons. The highest BCUT2D eigenvalue weighted by Gasteiger charge is 2.30. The van der Waals surface area contributed by atoms with Gasteiger partial charge in [0.15, 0.2) is 6.61 Å². The van der Waals surface area contributed by atoms with Gasteiger partial charge in [0.2, 0.25) is 5.91 Å². The van der Waals surface area contributed by atoms with Gasteiger partial charge in [-0.1, -0.05) is 0 Å². The fourth-order valence-electron chi connectivity index (χ4n) is 1.34. The predicted octanol–water partition coefficient (Wildman–Crippen LogP) is 1.46. The molecule has 0 aliphatic rings. The topological polar surface area (TPSA) is 81.4 Å². The molecule has 0 aliphatic heterocycles. The third kappa shape index (κ3) is 4.97. The van der Waals surface area contributed by atoms with Crippen molar-refractivity contribution in [2.45, 2.75) is 25.6 Å². The third-order valence-electron chi connectivity index (χ3n) is 2.62. The minimum Gasteiger partial charge on any atom is -0.484 e. The van der Waals surface area contributed by atoms with Crippen molar-refractivity contribution in [2.75, 3.05) is 6.61 Å². The molecule has 21 heavy (non-hydrogen) atoms. The van der Waals surface area contributed by atoms with Gasteiger partial charge in [0.05, 0.1) is 5.56 Å². The van der Waals surface area contributed by atoms with Crippen LogP contribution in [0.15, 0.2) is 24.3 Å². The Kier molecular flexibility index (Phi) is 4.82. The standard InChI is InChI=1S/C13H15F3N2O3/c1-12(2,11(17)20)18-10(19)7-21-9-5-3-8(4-6-9)13(14,15)16/h3-6H,7H2,1-2H3,(H2,17,20)(H,18,19). The molecule has 0 aromatic heterocycles. The van der Waals surface area contributed by atoms with Crippen molar-refractivity contribution in [3.05, 3.63) is 29.8 Å². The Morgan fingerprint density at radius 3 is 2.14 bits per heavy atom. The maximum atomic E-state index is 12.3. The number of hydrogen-bond acceptors (Lipinski definition) is 3. The fourth-order valence-corrected chi connectivity index (χ4v) is 1.34. The molecule has 1 rings (SSSR count). The van der Waals surface area contributed by atoms with E-state index in [1.807, 2.05) is 0 Å². The van der Waals surface area contributed by atoms with Crippen LogP contribution in [0.4, 0.5) is 13.2 Å². The minimum atomic E-state index is -4.43. The van der Waals surface area contributed by atoms with Crippen molar-refractivity contribution in [3.8, 4) is 5.75 Å². The summed E-state index contributed by atoms with van der Waals surface area (Å²) in [5.41, 5.74) is 3.04. The van der Waals surface area contributed by atoms with E-state index >= 15 is 0 Å². The Labute approximate surface area is 119 Å². The zero-order valence-corrected chi connectivity index (χ0v) is 11.5. The Balaban J connectivity index is 2.56. The molecule has 0 spiro atoms. The van der Waals surface area contributed by atoms with E-state index in [0.717, 1.165) is 24.3 Å². The summed E-state index contributed by atoms with van der Waals surface area (Å²) in [6.07, 6.45) is -4.43. The Hall–Kier alpha value is -2.25. The number of nitrogens with one attached hydrogen (secondary N) is 1. The number of rotatable bonds is 5. The number of carbonyl (C=O) groups is 2. The van der Waals surface area contributed by atoms with Crippen LogP contribution < -0.4 is 15.8 Å². The number of ether oxygens (including phenoxy) is 1. The van der Waals surface area contributed by atoms with Crippen LogP contribution in [0.3, 0.4) is 0 Å². The smallest absolute Gasteiger partial charge is 0.416 e. The first-order chi connectivity index (χ1) is 9.52. The second kappa shape index (κ2) is 6.02. The van der Waals surface area contributed by atoms with Crippen LogP contribution in [0.5, 0.6) is 5.75 Å². The number of hydrogen-bond donors (Lipinski definition) is 2. The molecule has 0 heterocycles. The largest absolute Gasteiger partial charge is 0.484 e. The average Bonchev–Trinajstić information content (AvgIpc) is 2.35. The normalized spacial score (nSPS) is 11.9. The van der Waals surface area contributed by atoms with Crippen LogP contribution in [0.1, 0.15) is 19.4 Å². The van der Waals surface area contributed by atoms with Crippen LogP contribution in [-0.4, -0.2) is 24.0 Å². The second-order valence-electron chi connectivity index (χ2n) is 4.85. The quantitative estimate of drug-likeness (QED) is 0.864. The van der Waals surface area contributed by atoms with Crippen LogP contribution in [0, 0.1) is 0 Å². The van der Waals surface area contributed by atoms with E-state index in [-0.39, 0.29) is 5.75 Å². The molecule has 1 aromatic carbocycles. The number of halogens is 3. The number of amides is 2. The summed E-state index contributed by atoms with van der Waals surface area (Å²) in [7, 11) is 0. The van der Waals surface area contributed by atoms with E-state index in [2.05, 4.69) is 5.32 Å². The molecule has 5 nitrogen and oxygen atoms in total. The molecule has 1 aromatic rings. The average molecular weight is 304 g/mol. The minimum absolute atomic E-state index is 0.107. The number of nitrogens with two attached hydrogens (primary N) is 1. The van der Waals surface area contributed by atoms with Gasteiger partial charge in [-0.3, -0.25) is 9.59 Å². The number of carbonyl (C=O) groups excluding carboxylic acids is 2. The maximum Gasteiger partial charge on any atom is 0.416 e. The first-order valence-electron chi connectivity index (χ1n) is 5.93. The monoisotopic (exact) mass is 304 g/mol. The van der Waals surface area contributed by atoms with Gasteiger partial charge in [-0.05, 0) is 38.1 Å². The molecule has 0 saturated carbocycles. The van der Waals surface area contributed by atoms with Crippen LogP contribution in [-0.2, 0) is 15.8 Å². The summed E-state index contributed by atoms with van der Waals surface area (Å²) in [6, 6.07) is 3.91. The van der Waals surface area contributed by atoms with E-state index in [0.29, 0.717) is 0 Å². The van der Waals surface area contributed by atoms with Crippen molar-refractivity contribution in [3.63, 3.8) is 0 Å². The van der Waals surface area contributed by atoms with Gasteiger partial charge < -0.3 is 15.8 Å². The van der Waals surface area contributed by atoms with Gasteiger partial charge in [-0.15, -0.1) is 0 Å². The van der Waals surface area contributed by atoms with Gasteiger partial charge in [0.25, 0.3) is 5.91 Å². The van der Waals surface area contributed by atoms with E-state index < -0.39 is 35.7 Å². The van der Waals surface area contributed by atoms with E-state index in [9.17, 15) is 22.8 Å². The van der Waals surface area contributed by atoms with Crippen molar-refractivity contribution in [1.29, 1.82) is 0 Å². The summed E-state index contributed by atoms with van der Waals surface area (Å²) in [5.74, 6) is -1.22. The zero-order chi connectivity index (χ0) is 16.3. The van der Waals surface area contributed by atoms with Gasteiger partial charge in [0, 0.05) is 0 Å². The molecule has 0 unspecified atom stereocenters. The summed E-state index contributed by atoms with van der Waals surface area (Å²) < 4.78 is 42.1. The Bertz CT molecular complexity index is 524. The van der Waals surface area contributed by atoms with Crippen molar-refractivity contribution in [2.24, 2.45) is 5.73 Å². The lowest BCUT2D eigenvalue weighted by molar-refractivity contribution is -0.137. The lowest BCUT2D eigenvalue weighted by atomic mass is 10.1. The maximum absolute atomic E-state index is 12.3. The highest BCUT2D eigenvalue weighted by atomic mass is 19.4. The summed E-state index contributed by atoms with van der Waals surface area (Å²) >= 11 is 0. The molecule has 8 heteroatoms. The molecule has 0 saturated heterocycles. The van der Waals surface area contributed by atoms with E-state index in [1.54, 1.807) is 0 Å². The summed E-state index contributed by atoms with van der Waals surface area (Å²) in [4.78, 5) is 22.6. The Morgan fingerprint density at radius 1 is 1.19 bits per heavy atom. The predicted molar refractivity (Wildman–Crippen MR) is 68.4 cm³/mol. The Morgan fingerprint density at radius 2 is 1.71 bits per heavy atom. The lowest BCUT2D eigenvalue weighted by Crippen LogP contribution is -2.54. The second-order valence-corrected chi connectivity index (χ2v) is 4.85. The SMILES string of the molecule is CC(C)(NC(=O)COc1ccc(C(F)(F)F)cc1)C(N)=O. The van der Waals surface area contributed by atoms with E-state index in [1.165, 1.54) is 13.8 Å². The van der Waals surface area contributed by atoms with Gasteiger partial charge >= 0.3 is 6.18 Å². The van der Waals surface area contributed by atoms with Gasteiger partial charge in [-0.25, -0.2) is 0 Å². The van der Waals surface area contributed by atoms with Crippen LogP contribution >= 0.6 is 0 Å². The summed E-state index contributed by atoms with van der Waals surface area (Å²) in [6.45, 7) is 2.40. The molecule has 3 N–H and O–H groups in total. The molecule has 0 bridgehead atoms. The number of primary amides is 1. The van der Waals surface area contributed by atoms with Gasteiger partial charge in [0.1, 0.15) is 11.3 Å². The fraction of sp³-hybridized carbons (Fsp3) is 0.385. The number of benzene rings is 1. The van der Waals surface area contributed by atoms with Crippen LogP contribution in [0.2, 0.25) is 0 Å². The van der Waals surface area contributed by atoms with Crippen LogP contribution in [0.25, 0.3) is 0 Å². The zero-order valence-electron chi connectivity index (χ0n) is 11.5. The molecule has 0 radical (unpaired) electrons. The first-order valence-corrected chi connectivity index (χ1v) is 5.93. The van der Waals surface area contributed by atoms with Crippen molar-refractivity contribution in [1.82, 2.24) is 5.32 Å².